The van der Waals surface area contributed by atoms with Crippen molar-refractivity contribution in [3.63, 3.8) is 0 Å². The van der Waals surface area contributed by atoms with Gasteiger partial charge in [0, 0.05) is 16.1 Å². The lowest BCUT2D eigenvalue weighted by Crippen LogP contribution is -2.53. The number of rotatable bonds is 5. The summed E-state index contributed by atoms with van der Waals surface area (Å²) in [5.41, 5.74) is 1.99. The number of hydrogen-bond donors (Lipinski definition) is 2. The number of benzene rings is 2. The average molecular weight is 554 g/mol. The molecule has 3 aromatic rings. The summed E-state index contributed by atoms with van der Waals surface area (Å²) in [6.45, 7) is 3.90. The van der Waals surface area contributed by atoms with E-state index in [2.05, 4.69) is 56.6 Å². The van der Waals surface area contributed by atoms with Gasteiger partial charge in [-0.3, -0.25) is 4.79 Å². The second kappa shape index (κ2) is 10.2. The van der Waals surface area contributed by atoms with Crippen molar-refractivity contribution in [2.45, 2.75) is 64.1 Å². The van der Waals surface area contributed by atoms with Crippen molar-refractivity contribution in [2.75, 3.05) is 7.11 Å². The average Bonchev–Trinajstić information content (AvgIpc) is 3.51. The highest BCUT2D eigenvalue weighted by molar-refractivity contribution is 9.10. The fraction of sp³-hybridized carbons (Fsp3) is 0.464. The molecule has 1 aliphatic carbocycles. The first-order valence-electron chi connectivity index (χ1n) is 12.8. The molecule has 0 bridgehead atoms. The predicted octanol–water partition coefficient (Wildman–Crippen LogP) is 6.21. The van der Waals surface area contributed by atoms with Crippen LogP contribution in [0.5, 0.6) is 0 Å². The van der Waals surface area contributed by atoms with Crippen molar-refractivity contribution in [2.24, 2.45) is 11.8 Å². The maximum Gasteiger partial charge on any atom is 0.407 e. The van der Waals surface area contributed by atoms with E-state index < -0.39 is 12.1 Å². The number of H-pyrrole nitrogens is 1. The summed E-state index contributed by atoms with van der Waals surface area (Å²) >= 11 is 3.54. The molecule has 2 aliphatic rings. The van der Waals surface area contributed by atoms with E-state index in [9.17, 15) is 9.59 Å². The number of carbonyl (C=O) groups excluding carboxylic acids is 2. The van der Waals surface area contributed by atoms with Crippen LogP contribution in [0.15, 0.2) is 47.1 Å². The first kappa shape index (κ1) is 24.8. The molecule has 2 fully saturated rings. The van der Waals surface area contributed by atoms with E-state index in [0.29, 0.717) is 5.92 Å². The minimum atomic E-state index is -0.644. The van der Waals surface area contributed by atoms with Crippen LogP contribution in [0.3, 0.4) is 0 Å². The third-order valence-corrected chi connectivity index (χ3v) is 8.25. The van der Waals surface area contributed by atoms with Crippen molar-refractivity contribution in [3.05, 3.63) is 52.9 Å². The van der Waals surface area contributed by atoms with Gasteiger partial charge in [-0.1, -0.05) is 60.8 Å². The van der Waals surface area contributed by atoms with E-state index in [0.717, 1.165) is 52.6 Å². The van der Waals surface area contributed by atoms with Gasteiger partial charge < -0.3 is 19.9 Å². The molecule has 0 radical (unpaired) electrons. The van der Waals surface area contributed by atoms with Gasteiger partial charge in [-0.25, -0.2) is 9.78 Å². The molecule has 2 heterocycles. The Morgan fingerprint density at radius 3 is 2.67 bits per heavy atom. The predicted molar refractivity (Wildman–Crippen MR) is 143 cm³/mol. The number of aromatic nitrogens is 2. The Hall–Kier alpha value is -2.87. The molecule has 7 nitrogen and oxygen atoms in total. The van der Waals surface area contributed by atoms with Crippen molar-refractivity contribution in [1.82, 2.24) is 20.2 Å². The molecule has 1 saturated carbocycles. The van der Waals surface area contributed by atoms with Crippen LogP contribution in [-0.2, 0) is 9.53 Å². The summed E-state index contributed by atoms with van der Waals surface area (Å²) < 4.78 is 5.87. The van der Waals surface area contributed by atoms with Crippen LogP contribution < -0.4 is 5.32 Å². The Bertz CT molecular complexity index is 1270. The van der Waals surface area contributed by atoms with E-state index in [4.69, 9.17) is 9.72 Å². The number of nitrogens with zero attached hydrogens (tertiary/aromatic N) is 2. The summed E-state index contributed by atoms with van der Waals surface area (Å²) in [6, 6.07) is 12.0. The Labute approximate surface area is 220 Å². The van der Waals surface area contributed by atoms with Crippen LogP contribution in [0.4, 0.5) is 4.79 Å². The van der Waals surface area contributed by atoms with Gasteiger partial charge in [0.05, 0.1) is 25.0 Å². The molecule has 2 N–H and O–H groups in total. The molecule has 2 amide bonds. The lowest BCUT2D eigenvalue weighted by molar-refractivity contribution is -0.138. The Morgan fingerprint density at radius 2 is 1.89 bits per heavy atom. The minimum Gasteiger partial charge on any atom is -0.453 e. The highest BCUT2D eigenvalue weighted by Crippen LogP contribution is 2.46. The fourth-order valence-corrected chi connectivity index (χ4v) is 6.30. The second-order valence-corrected chi connectivity index (χ2v) is 11.3. The molecule has 2 aromatic carbocycles. The Balaban J connectivity index is 1.46. The number of imidazole rings is 1. The first-order valence-corrected chi connectivity index (χ1v) is 13.6. The van der Waals surface area contributed by atoms with Crippen LogP contribution in [0, 0.1) is 11.8 Å². The monoisotopic (exact) mass is 552 g/mol. The highest BCUT2D eigenvalue weighted by Gasteiger charge is 2.48. The molecule has 4 atom stereocenters. The fourth-order valence-electron chi connectivity index (χ4n) is 5.92. The number of amides is 2. The molecule has 1 saturated heterocycles. The lowest BCUT2D eigenvalue weighted by atomic mass is 9.84. The molecule has 36 heavy (non-hydrogen) atoms. The van der Waals surface area contributed by atoms with Gasteiger partial charge in [0.2, 0.25) is 5.91 Å². The van der Waals surface area contributed by atoms with Crippen molar-refractivity contribution >= 4 is 38.7 Å². The summed E-state index contributed by atoms with van der Waals surface area (Å²) in [7, 11) is 1.32. The number of halogens is 1. The molecule has 0 spiro atoms. The Kier molecular flexibility index (Phi) is 7.06. The van der Waals surface area contributed by atoms with Crippen LogP contribution in [0.2, 0.25) is 0 Å². The van der Waals surface area contributed by atoms with Gasteiger partial charge in [-0.05, 0) is 60.1 Å². The maximum atomic E-state index is 13.9. The van der Waals surface area contributed by atoms with Gasteiger partial charge in [0.15, 0.2) is 0 Å². The number of likely N-dealkylation sites (tertiary alicyclic amines) is 1. The SMILES string of the molecule is COC(=O)NC(C(=O)N1C(c2ncc(-c3ccc4cc(Br)ccc4c3)[nH]2)CC2CCCCC21)C(C)C. The van der Waals surface area contributed by atoms with Crippen LogP contribution in [-0.4, -0.2) is 46.1 Å². The van der Waals surface area contributed by atoms with E-state index in [1.807, 2.05) is 31.0 Å². The highest BCUT2D eigenvalue weighted by atomic mass is 79.9. The molecule has 1 aromatic heterocycles. The molecule has 8 heteroatoms. The largest absolute Gasteiger partial charge is 0.453 e. The number of nitrogens with one attached hydrogen (secondary N) is 2. The van der Waals surface area contributed by atoms with E-state index in [1.54, 1.807) is 0 Å². The standard InChI is InChI=1S/C28H33BrN4O3/c1-16(2)25(32-28(35)36-3)27(34)33-23-7-5-4-6-20(23)14-24(33)26-30-15-22(31-26)19-9-8-18-13-21(29)11-10-17(18)12-19/h8-13,15-16,20,23-25H,4-7,14H2,1-3H3,(H,30,31)(H,32,35). The van der Waals surface area contributed by atoms with Crippen molar-refractivity contribution in [3.8, 4) is 11.3 Å². The van der Waals surface area contributed by atoms with Gasteiger partial charge in [0.1, 0.15) is 11.9 Å². The normalized spacial score (nSPS) is 22.5. The molecular formula is C28H33BrN4O3. The van der Waals surface area contributed by atoms with Gasteiger partial charge in [0.25, 0.3) is 0 Å². The molecule has 1 aliphatic heterocycles. The number of carbonyl (C=O) groups is 2. The quantitative estimate of drug-likeness (QED) is 0.394. The van der Waals surface area contributed by atoms with Crippen molar-refractivity contribution < 1.29 is 14.3 Å². The molecule has 4 unspecified atom stereocenters. The zero-order chi connectivity index (χ0) is 25.4. The Morgan fingerprint density at radius 1 is 1.14 bits per heavy atom. The number of hydrogen-bond acceptors (Lipinski definition) is 4. The van der Waals surface area contributed by atoms with E-state index >= 15 is 0 Å². The van der Waals surface area contributed by atoms with E-state index in [-0.39, 0.29) is 23.9 Å². The van der Waals surface area contributed by atoms with Crippen LogP contribution >= 0.6 is 15.9 Å². The smallest absolute Gasteiger partial charge is 0.407 e. The summed E-state index contributed by atoms with van der Waals surface area (Å²) in [4.78, 5) is 36.3. The maximum absolute atomic E-state index is 13.9. The second-order valence-electron chi connectivity index (χ2n) is 10.4. The van der Waals surface area contributed by atoms with E-state index in [1.165, 1.54) is 18.9 Å². The van der Waals surface area contributed by atoms with Gasteiger partial charge in [-0.15, -0.1) is 0 Å². The van der Waals surface area contributed by atoms with Crippen LogP contribution in [0.25, 0.3) is 22.0 Å². The summed E-state index contributed by atoms with van der Waals surface area (Å²) in [5, 5.41) is 5.10. The third kappa shape index (κ3) is 4.75. The number of alkyl carbamates (subject to hydrolysis) is 1. The first-order chi connectivity index (χ1) is 17.4. The summed E-state index contributed by atoms with van der Waals surface area (Å²) in [6.07, 6.45) is 6.59. The summed E-state index contributed by atoms with van der Waals surface area (Å²) in [5.74, 6) is 1.14. The van der Waals surface area contributed by atoms with Crippen molar-refractivity contribution in [1.29, 1.82) is 0 Å². The number of aromatic amines is 1. The van der Waals surface area contributed by atoms with Gasteiger partial charge >= 0.3 is 6.09 Å². The molecular weight excluding hydrogens is 520 g/mol. The number of methoxy groups -OCH3 is 1. The number of ether oxygens (including phenoxy) is 1. The zero-order valence-corrected chi connectivity index (χ0v) is 22.5. The lowest BCUT2D eigenvalue weighted by Gasteiger charge is -2.36. The topological polar surface area (TPSA) is 87.3 Å². The molecule has 190 valence electrons. The third-order valence-electron chi connectivity index (χ3n) is 7.76. The minimum absolute atomic E-state index is 0.0518. The zero-order valence-electron chi connectivity index (χ0n) is 21.0. The number of fused-ring (bicyclic) bond motifs is 2. The molecule has 5 rings (SSSR count). The van der Waals surface area contributed by atoms with Crippen LogP contribution in [0.1, 0.15) is 57.8 Å². The van der Waals surface area contributed by atoms with Gasteiger partial charge in [-0.2, -0.15) is 0 Å².